The first-order valence-corrected chi connectivity index (χ1v) is 11.4. The number of carbonyl (C=O) groups is 1. The Morgan fingerprint density at radius 3 is 2.50 bits per heavy atom. The Balaban J connectivity index is 1.50. The number of nitrogens with one attached hydrogen (secondary N) is 1. The molecule has 0 unspecified atom stereocenters. The summed E-state index contributed by atoms with van der Waals surface area (Å²) in [4.78, 5) is 12.4. The number of aryl methyl sites for hydroxylation is 1. The van der Waals surface area contributed by atoms with Crippen molar-refractivity contribution in [3.63, 3.8) is 0 Å². The molecule has 5 nitrogen and oxygen atoms in total. The zero-order chi connectivity index (χ0) is 24.1. The summed E-state index contributed by atoms with van der Waals surface area (Å²) >= 11 is 12.0. The third-order valence-electron chi connectivity index (χ3n) is 5.31. The molecule has 3 aromatic carbocycles. The smallest absolute Gasteiger partial charge is 0.220 e. The van der Waals surface area contributed by atoms with E-state index in [0.717, 1.165) is 11.3 Å². The highest BCUT2D eigenvalue weighted by Gasteiger charge is 2.16. The number of hydrogen-bond donors (Lipinski definition) is 1. The van der Waals surface area contributed by atoms with E-state index in [9.17, 15) is 9.18 Å². The van der Waals surface area contributed by atoms with Crippen molar-refractivity contribution in [2.45, 2.75) is 19.4 Å². The molecule has 4 aromatic rings. The molecule has 1 N–H and O–H groups in total. The molecule has 0 radical (unpaired) electrons. The molecule has 1 amide bonds. The maximum absolute atomic E-state index is 14.6. The molecule has 0 atom stereocenters. The van der Waals surface area contributed by atoms with Gasteiger partial charge >= 0.3 is 0 Å². The number of amides is 1. The molecule has 0 aliphatic heterocycles. The lowest BCUT2D eigenvalue weighted by molar-refractivity contribution is -0.121. The number of benzene rings is 3. The fourth-order valence-corrected chi connectivity index (χ4v) is 3.83. The summed E-state index contributed by atoms with van der Waals surface area (Å²) in [5.74, 6) is 0.239. The van der Waals surface area contributed by atoms with Crippen molar-refractivity contribution in [1.29, 1.82) is 0 Å². The normalized spacial score (nSPS) is 10.8. The van der Waals surface area contributed by atoms with Gasteiger partial charge in [0.05, 0.1) is 34.2 Å². The fraction of sp³-hybridized carbons (Fsp3) is 0.154. The molecular formula is C26H22Cl2FN3O2. The second-order valence-electron chi connectivity index (χ2n) is 7.64. The highest BCUT2D eigenvalue weighted by Crippen LogP contribution is 2.28. The van der Waals surface area contributed by atoms with Gasteiger partial charge in [0.2, 0.25) is 5.91 Å². The van der Waals surface area contributed by atoms with Gasteiger partial charge in [-0.25, -0.2) is 9.07 Å². The van der Waals surface area contributed by atoms with Gasteiger partial charge in [0.15, 0.2) is 0 Å². The van der Waals surface area contributed by atoms with Gasteiger partial charge in [-0.2, -0.15) is 5.10 Å². The van der Waals surface area contributed by atoms with Crippen LogP contribution in [-0.2, 0) is 17.8 Å². The molecule has 0 bridgehead atoms. The van der Waals surface area contributed by atoms with Crippen LogP contribution in [-0.4, -0.2) is 22.8 Å². The van der Waals surface area contributed by atoms with Crippen LogP contribution in [0, 0.1) is 5.82 Å². The predicted molar refractivity (Wildman–Crippen MR) is 132 cm³/mol. The van der Waals surface area contributed by atoms with Crippen LogP contribution >= 0.6 is 23.2 Å². The molecule has 0 saturated heterocycles. The lowest BCUT2D eigenvalue weighted by Gasteiger charge is -2.09. The lowest BCUT2D eigenvalue weighted by Crippen LogP contribution is -2.23. The summed E-state index contributed by atoms with van der Waals surface area (Å²) in [6.07, 6.45) is 0.634. The monoisotopic (exact) mass is 497 g/mol. The van der Waals surface area contributed by atoms with E-state index in [1.165, 1.54) is 6.07 Å². The van der Waals surface area contributed by atoms with E-state index >= 15 is 0 Å². The summed E-state index contributed by atoms with van der Waals surface area (Å²) in [7, 11) is 1.60. The van der Waals surface area contributed by atoms with Gasteiger partial charge in [0.25, 0.3) is 0 Å². The van der Waals surface area contributed by atoms with Crippen molar-refractivity contribution in [1.82, 2.24) is 15.1 Å². The minimum atomic E-state index is -0.344. The van der Waals surface area contributed by atoms with Crippen molar-refractivity contribution >= 4 is 29.1 Å². The van der Waals surface area contributed by atoms with Gasteiger partial charge in [-0.3, -0.25) is 4.79 Å². The summed E-state index contributed by atoms with van der Waals surface area (Å²) < 4.78 is 21.5. The number of carbonyl (C=O) groups excluding carboxylic acids is 1. The topological polar surface area (TPSA) is 56.2 Å². The molecule has 174 valence electrons. The molecule has 0 saturated carbocycles. The Morgan fingerprint density at radius 2 is 1.79 bits per heavy atom. The summed E-state index contributed by atoms with van der Waals surface area (Å²) in [5.41, 5.74) is 3.33. The second kappa shape index (κ2) is 10.7. The first-order chi connectivity index (χ1) is 16.4. The zero-order valence-corrected chi connectivity index (χ0v) is 19.9. The van der Waals surface area contributed by atoms with Crippen LogP contribution < -0.4 is 10.1 Å². The average Bonchev–Trinajstić information content (AvgIpc) is 3.28. The Kier molecular flexibility index (Phi) is 7.50. The molecule has 0 fully saturated rings. The highest BCUT2D eigenvalue weighted by molar-refractivity contribution is 6.42. The molecule has 0 spiro atoms. The van der Waals surface area contributed by atoms with Crippen LogP contribution in [0.1, 0.15) is 17.7 Å². The number of ether oxygens (including phenoxy) is 1. The van der Waals surface area contributed by atoms with E-state index in [0.29, 0.717) is 45.7 Å². The molecule has 34 heavy (non-hydrogen) atoms. The molecular weight excluding hydrogens is 476 g/mol. The summed E-state index contributed by atoms with van der Waals surface area (Å²) in [5, 5.41) is 8.45. The molecule has 8 heteroatoms. The van der Waals surface area contributed by atoms with E-state index in [1.807, 2.05) is 36.4 Å². The van der Waals surface area contributed by atoms with Gasteiger partial charge in [-0.1, -0.05) is 41.4 Å². The number of hydrogen-bond acceptors (Lipinski definition) is 3. The van der Waals surface area contributed by atoms with Crippen LogP contribution in [0.15, 0.2) is 72.8 Å². The Morgan fingerprint density at radius 1 is 1.03 bits per heavy atom. The predicted octanol–water partition coefficient (Wildman–Crippen LogP) is 6.24. The minimum Gasteiger partial charge on any atom is -0.497 e. The number of halogens is 3. The number of methoxy groups -OCH3 is 1. The van der Waals surface area contributed by atoms with E-state index in [-0.39, 0.29) is 18.1 Å². The van der Waals surface area contributed by atoms with Gasteiger partial charge in [-0.05, 0) is 60.2 Å². The maximum atomic E-state index is 14.6. The first-order valence-electron chi connectivity index (χ1n) is 10.6. The zero-order valence-electron chi connectivity index (χ0n) is 18.4. The van der Waals surface area contributed by atoms with Crippen molar-refractivity contribution in [3.05, 3.63) is 99.9 Å². The van der Waals surface area contributed by atoms with Crippen LogP contribution in [0.5, 0.6) is 5.75 Å². The fourth-order valence-electron chi connectivity index (χ4n) is 3.51. The molecule has 1 aromatic heterocycles. The van der Waals surface area contributed by atoms with Crippen molar-refractivity contribution in [3.8, 4) is 22.7 Å². The van der Waals surface area contributed by atoms with Gasteiger partial charge < -0.3 is 10.1 Å². The number of aromatic nitrogens is 2. The molecule has 4 rings (SSSR count). The van der Waals surface area contributed by atoms with Crippen LogP contribution in [0.3, 0.4) is 0 Å². The SMILES string of the molecule is COc1ccc(-n2nc(CCC(=O)NCc3ccc(Cl)c(Cl)c3)cc2-c2ccccc2F)cc1. The van der Waals surface area contributed by atoms with Gasteiger partial charge in [0.1, 0.15) is 11.6 Å². The Labute approximate surface area is 207 Å². The van der Waals surface area contributed by atoms with Gasteiger partial charge in [0, 0.05) is 24.9 Å². The third kappa shape index (κ3) is 5.58. The minimum absolute atomic E-state index is 0.127. The van der Waals surface area contributed by atoms with Crippen molar-refractivity contribution in [2.24, 2.45) is 0 Å². The summed E-state index contributed by atoms with van der Waals surface area (Å²) in [6.45, 7) is 0.344. The van der Waals surface area contributed by atoms with E-state index < -0.39 is 0 Å². The molecule has 0 aliphatic rings. The van der Waals surface area contributed by atoms with Gasteiger partial charge in [-0.15, -0.1) is 0 Å². The number of rotatable bonds is 8. The van der Waals surface area contributed by atoms with Crippen LogP contribution in [0.25, 0.3) is 16.9 Å². The lowest BCUT2D eigenvalue weighted by atomic mass is 10.1. The second-order valence-corrected chi connectivity index (χ2v) is 8.45. The largest absolute Gasteiger partial charge is 0.497 e. The van der Waals surface area contributed by atoms with Crippen molar-refractivity contribution in [2.75, 3.05) is 7.11 Å². The Bertz CT molecular complexity index is 1310. The van der Waals surface area contributed by atoms with E-state index in [4.69, 9.17) is 27.9 Å². The van der Waals surface area contributed by atoms with E-state index in [2.05, 4.69) is 10.4 Å². The van der Waals surface area contributed by atoms with E-state index in [1.54, 1.807) is 42.1 Å². The molecule has 0 aliphatic carbocycles. The number of nitrogens with zero attached hydrogens (tertiary/aromatic N) is 2. The standard InChI is InChI=1S/C26H22Cl2FN3O2/c1-34-20-10-8-19(9-11-20)32-25(21-4-2-3-5-24(21)29)15-18(31-32)7-13-26(33)30-16-17-6-12-22(27)23(28)14-17/h2-6,8-12,14-15H,7,13,16H2,1H3,(H,30,33). The highest BCUT2D eigenvalue weighted by atomic mass is 35.5. The first kappa shape index (κ1) is 23.8. The maximum Gasteiger partial charge on any atom is 0.220 e. The van der Waals surface area contributed by atoms with Crippen LogP contribution in [0.2, 0.25) is 10.0 Å². The van der Waals surface area contributed by atoms with Crippen LogP contribution in [0.4, 0.5) is 4.39 Å². The van der Waals surface area contributed by atoms with Crippen molar-refractivity contribution < 1.29 is 13.9 Å². The Hall–Kier alpha value is -3.35. The third-order valence-corrected chi connectivity index (χ3v) is 6.05. The molecule has 1 heterocycles. The summed E-state index contributed by atoms with van der Waals surface area (Å²) in [6, 6.07) is 20.9. The average molecular weight is 498 g/mol. The quantitative estimate of drug-likeness (QED) is 0.313.